The van der Waals surface area contributed by atoms with Crippen molar-refractivity contribution in [3.05, 3.63) is 33.8 Å². The fraction of sp³-hybridized carbons (Fsp3) is 0.455. The molecule has 0 nitrogen and oxygen atoms in total. The van der Waals surface area contributed by atoms with Crippen LogP contribution < -0.4 is 0 Å². The van der Waals surface area contributed by atoms with Crippen LogP contribution in [-0.2, 0) is 0 Å². The summed E-state index contributed by atoms with van der Waals surface area (Å²) in [6, 6.07) is 5.72. The molecule has 0 fully saturated rings. The van der Waals surface area contributed by atoms with Gasteiger partial charge in [0.05, 0.1) is 10.0 Å². The monoisotopic (exact) mass is 218 g/mol. The SMILES string of the molecule is CC.CC(C)c1cccc(Cl)c1Cl. The minimum atomic E-state index is 0.432. The Balaban J connectivity index is 0.000000671. The maximum Gasteiger partial charge on any atom is 0.0626 e. The molecule has 0 N–H and O–H groups in total. The Morgan fingerprint density at radius 1 is 1.08 bits per heavy atom. The van der Waals surface area contributed by atoms with E-state index in [0.29, 0.717) is 16.0 Å². The lowest BCUT2D eigenvalue weighted by molar-refractivity contribution is 0.867. The van der Waals surface area contributed by atoms with E-state index >= 15 is 0 Å². The second kappa shape index (κ2) is 6.28. The molecule has 2 heteroatoms. The molecule has 0 amide bonds. The fourth-order valence-electron chi connectivity index (χ4n) is 0.966. The van der Waals surface area contributed by atoms with Crippen molar-refractivity contribution >= 4 is 23.2 Å². The molecule has 0 unspecified atom stereocenters. The highest BCUT2D eigenvalue weighted by Crippen LogP contribution is 2.30. The van der Waals surface area contributed by atoms with Gasteiger partial charge >= 0.3 is 0 Å². The van der Waals surface area contributed by atoms with Gasteiger partial charge in [-0.3, -0.25) is 0 Å². The third-order valence-electron chi connectivity index (χ3n) is 1.60. The van der Waals surface area contributed by atoms with Crippen LogP contribution in [0.25, 0.3) is 0 Å². The van der Waals surface area contributed by atoms with Gasteiger partial charge in [0.1, 0.15) is 0 Å². The van der Waals surface area contributed by atoms with Gasteiger partial charge in [0.25, 0.3) is 0 Å². The molecular formula is C11H16Cl2. The lowest BCUT2D eigenvalue weighted by atomic mass is 10.0. The van der Waals surface area contributed by atoms with E-state index in [1.807, 2.05) is 26.0 Å². The molecule has 0 aliphatic rings. The summed E-state index contributed by atoms with van der Waals surface area (Å²) in [6.07, 6.45) is 0. The summed E-state index contributed by atoms with van der Waals surface area (Å²) in [5.41, 5.74) is 1.11. The molecule has 0 heterocycles. The van der Waals surface area contributed by atoms with Crippen molar-refractivity contribution in [1.82, 2.24) is 0 Å². The Kier molecular flexibility index (Phi) is 6.19. The molecule has 1 aromatic rings. The molecular weight excluding hydrogens is 203 g/mol. The van der Waals surface area contributed by atoms with Crippen LogP contribution in [0.3, 0.4) is 0 Å². The highest BCUT2D eigenvalue weighted by molar-refractivity contribution is 6.42. The first-order valence-electron chi connectivity index (χ1n) is 4.57. The van der Waals surface area contributed by atoms with Gasteiger partial charge in [-0.05, 0) is 17.5 Å². The van der Waals surface area contributed by atoms with E-state index in [-0.39, 0.29) is 0 Å². The van der Waals surface area contributed by atoms with Crippen LogP contribution in [0, 0.1) is 0 Å². The van der Waals surface area contributed by atoms with Crippen molar-refractivity contribution < 1.29 is 0 Å². The topological polar surface area (TPSA) is 0 Å². The highest BCUT2D eigenvalue weighted by Gasteiger charge is 2.06. The molecule has 0 aromatic heterocycles. The predicted molar refractivity (Wildman–Crippen MR) is 61.9 cm³/mol. The molecule has 74 valence electrons. The zero-order valence-corrected chi connectivity index (χ0v) is 10.1. The number of benzene rings is 1. The molecule has 0 radical (unpaired) electrons. The fourth-order valence-corrected chi connectivity index (χ4v) is 1.49. The van der Waals surface area contributed by atoms with Crippen LogP contribution in [0.2, 0.25) is 10.0 Å². The number of halogens is 2. The molecule has 13 heavy (non-hydrogen) atoms. The minimum Gasteiger partial charge on any atom is -0.0827 e. The quantitative estimate of drug-likeness (QED) is 0.613. The standard InChI is InChI=1S/C9H10Cl2.C2H6/c1-6(2)7-4-3-5-8(10)9(7)11;1-2/h3-6H,1-2H3;1-2H3. The molecule has 0 saturated heterocycles. The summed E-state index contributed by atoms with van der Waals surface area (Å²) in [5.74, 6) is 0.432. The van der Waals surface area contributed by atoms with Crippen molar-refractivity contribution in [1.29, 1.82) is 0 Å². The van der Waals surface area contributed by atoms with Crippen LogP contribution in [0.1, 0.15) is 39.2 Å². The molecule has 0 spiro atoms. The van der Waals surface area contributed by atoms with Gasteiger partial charge in [0, 0.05) is 0 Å². The van der Waals surface area contributed by atoms with E-state index < -0.39 is 0 Å². The Labute approximate surface area is 90.9 Å². The van der Waals surface area contributed by atoms with E-state index in [9.17, 15) is 0 Å². The summed E-state index contributed by atoms with van der Waals surface area (Å²) < 4.78 is 0. The van der Waals surface area contributed by atoms with E-state index in [1.54, 1.807) is 6.07 Å². The molecule has 0 saturated carbocycles. The van der Waals surface area contributed by atoms with Gasteiger partial charge in [-0.25, -0.2) is 0 Å². The lowest BCUT2D eigenvalue weighted by Gasteiger charge is -2.07. The van der Waals surface area contributed by atoms with Gasteiger partial charge in [0.2, 0.25) is 0 Å². The Hall–Kier alpha value is -0.200. The van der Waals surface area contributed by atoms with E-state index in [4.69, 9.17) is 23.2 Å². The Morgan fingerprint density at radius 2 is 1.62 bits per heavy atom. The summed E-state index contributed by atoms with van der Waals surface area (Å²) in [4.78, 5) is 0. The molecule has 0 atom stereocenters. The first-order chi connectivity index (χ1) is 6.13. The summed E-state index contributed by atoms with van der Waals surface area (Å²) >= 11 is 11.8. The van der Waals surface area contributed by atoms with Gasteiger partial charge in [-0.1, -0.05) is 63.0 Å². The van der Waals surface area contributed by atoms with Crippen LogP contribution in [0.15, 0.2) is 18.2 Å². The van der Waals surface area contributed by atoms with Crippen LogP contribution in [0.5, 0.6) is 0 Å². The maximum absolute atomic E-state index is 5.96. The second-order valence-corrected chi connectivity index (χ2v) is 3.58. The predicted octanol–water partition coefficient (Wildman–Crippen LogP) is 5.14. The van der Waals surface area contributed by atoms with Gasteiger partial charge in [0.15, 0.2) is 0 Å². The molecule has 0 aliphatic carbocycles. The average Bonchev–Trinajstić information content (AvgIpc) is 2.13. The number of hydrogen-bond acceptors (Lipinski definition) is 0. The molecule has 1 aromatic carbocycles. The zero-order chi connectivity index (χ0) is 10.4. The summed E-state index contributed by atoms with van der Waals surface area (Å²) in [5, 5.41) is 1.32. The molecule has 1 rings (SSSR count). The van der Waals surface area contributed by atoms with E-state index in [2.05, 4.69) is 13.8 Å². The van der Waals surface area contributed by atoms with E-state index in [1.165, 1.54) is 0 Å². The van der Waals surface area contributed by atoms with Crippen molar-refractivity contribution in [3.63, 3.8) is 0 Å². The van der Waals surface area contributed by atoms with Crippen LogP contribution in [-0.4, -0.2) is 0 Å². The minimum absolute atomic E-state index is 0.432. The zero-order valence-electron chi connectivity index (χ0n) is 8.57. The van der Waals surface area contributed by atoms with Gasteiger partial charge in [-0.15, -0.1) is 0 Å². The average molecular weight is 219 g/mol. The number of hydrogen-bond donors (Lipinski definition) is 0. The van der Waals surface area contributed by atoms with E-state index in [0.717, 1.165) is 5.56 Å². The van der Waals surface area contributed by atoms with Gasteiger partial charge < -0.3 is 0 Å². The highest BCUT2D eigenvalue weighted by atomic mass is 35.5. The maximum atomic E-state index is 5.96. The van der Waals surface area contributed by atoms with Crippen LogP contribution in [0.4, 0.5) is 0 Å². The van der Waals surface area contributed by atoms with Crippen molar-refractivity contribution in [2.45, 2.75) is 33.6 Å². The summed E-state index contributed by atoms with van der Waals surface area (Å²) in [6.45, 7) is 8.19. The smallest absolute Gasteiger partial charge is 0.0626 e. The number of rotatable bonds is 1. The van der Waals surface area contributed by atoms with Crippen molar-refractivity contribution in [3.8, 4) is 0 Å². The van der Waals surface area contributed by atoms with Crippen molar-refractivity contribution in [2.24, 2.45) is 0 Å². The second-order valence-electron chi connectivity index (χ2n) is 2.80. The normalized spacial score (nSPS) is 9.46. The van der Waals surface area contributed by atoms with Crippen molar-refractivity contribution in [2.75, 3.05) is 0 Å². The third kappa shape index (κ3) is 3.58. The van der Waals surface area contributed by atoms with Crippen LogP contribution >= 0.6 is 23.2 Å². The summed E-state index contributed by atoms with van der Waals surface area (Å²) in [7, 11) is 0. The first-order valence-corrected chi connectivity index (χ1v) is 5.32. The molecule has 0 bridgehead atoms. The van der Waals surface area contributed by atoms with Gasteiger partial charge in [-0.2, -0.15) is 0 Å². The Morgan fingerprint density at radius 3 is 2.00 bits per heavy atom. The molecule has 0 aliphatic heterocycles. The lowest BCUT2D eigenvalue weighted by Crippen LogP contribution is -1.88. The Bertz CT molecular complexity index is 254. The first kappa shape index (κ1) is 12.8. The largest absolute Gasteiger partial charge is 0.0827 e. The third-order valence-corrected chi connectivity index (χ3v) is 2.44.